The summed E-state index contributed by atoms with van der Waals surface area (Å²) < 4.78 is 39.7. The molecule has 136 valence electrons. The lowest BCUT2D eigenvalue weighted by molar-refractivity contribution is -0.137. The number of H-pyrrole nitrogens is 1. The van der Waals surface area contributed by atoms with Crippen molar-refractivity contribution in [3.05, 3.63) is 41.7 Å². The minimum Gasteiger partial charge on any atom is -0.391 e. The number of nitrogens with zero attached hydrogens (tertiary/aromatic N) is 3. The van der Waals surface area contributed by atoms with Crippen molar-refractivity contribution in [1.82, 2.24) is 15.2 Å². The Bertz CT molecular complexity index is 967. The van der Waals surface area contributed by atoms with Crippen molar-refractivity contribution in [2.75, 3.05) is 18.0 Å². The van der Waals surface area contributed by atoms with Crippen LogP contribution in [0.2, 0.25) is 0 Å². The van der Waals surface area contributed by atoms with Crippen LogP contribution in [0.15, 0.2) is 30.5 Å². The molecule has 1 aliphatic heterocycles. The van der Waals surface area contributed by atoms with E-state index in [2.05, 4.69) is 15.2 Å². The van der Waals surface area contributed by atoms with Gasteiger partial charge in [-0.1, -0.05) is 0 Å². The predicted octanol–water partition coefficient (Wildman–Crippen LogP) is 3.52. The van der Waals surface area contributed by atoms with Gasteiger partial charge in [-0.3, -0.25) is 5.10 Å². The fraction of sp³-hybridized carbons (Fsp3) is 0.333. The molecule has 3 aromatic rings. The standard InChI is InChI=1S/C18H17F3N4O/c1-10-13(2-3-17(23-10)25-5-4-12(26)9-25)14-6-11(18(19,20)21)7-16-15(14)8-22-24-16/h2-3,6-8,12,26H,4-5,9H2,1H3,(H,22,24)/t12-/m1/s1. The quantitative estimate of drug-likeness (QED) is 0.732. The van der Waals surface area contributed by atoms with E-state index in [4.69, 9.17) is 0 Å². The summed E-state index contributed by atoms with van der Waals surface area (Å²) in [6.07, 6.45) is -2.60. The highest BCUT2D eigenvalue weighted by atomic mass is 19.4. The highest BCUT2D eigenvalue weighted by Crippen LogP contribution is 2.37. The first-order valence-corrected chi connectivity index (χ1v) is 8.28. The minimum absolute atomic E-state index is 0.334. The molecule has 0 aliphatic carbocycles. The third-order valence-corrected chi connectivity index (χ3v) is 4.73. The fourth-order valence-electron chi connectivity index (χ4n) is 3.40. The number of aliphatic hydroxyl groups excluding tert-OH is 1. The molecule has 1 saturated heterocycles. The van der Waals surface area contributed by atoms with Crippen molar-refractivity contribution in [3.8, 4) is 11.1 Å². The number of pyridine rings is 1. The predicted molar refractivity (Wildman–Crippen MR) is 91.9 cm³/mol. The monoisotopic (exact) mass is 362 g/mol. The van der Waals surface area contributed by atoms with Crippen LogP contribution in [0.5, 0.6) is 0 Å². The first-order chi connectivity index (χ1) is 12.3. The van der Waals surface area contributed by atoms with Gasteiger partial charge in [0, 0.05) is 29.7 Å². The Labute approximate surface area is 147 Å². The van der Waals surface area contributed by atoms with E-state index in [1.54, 1.807) is 19.1 Å². The summed E-state index contributed by atoms with van der Waals surface area (Å²) in [6, 6.07) is 5.77. The molecule has 4 rings (SSSR count). The van der Waals surface area contributed by atoms with Crippen molar-refractivity contribution in [2.45, 2.75) is 25.6 Å². The first kappa shape index (κ1) is 16.8. The SMILES string of the molecule is Cc1nc(N2CC[C@@H](O)C2)ccc1-c1cc(C(F)(F)F)cc2[nH]ncc12. The van der Waals surface area contributed by atoms with Crippen LogP contribution in [0.3, 0.4) is 0 Å². The van der Waals surface area contributed by atoms with E-state index < -0.39 is 11.7 Å². The summed E-state index contributed by atoms with van der Waals surface area (Å²) >= 11 is 0. The maximum absolute atomic E-state index is 13.2. The van der Waals surface area contributed by atoms with E-state index in [0.29, 0.717) is 47.2 Å². The molecule has 1 fully saturated rings. The van der Waals surface area contributed by atoms with E-state index in [-0.39, 0.29) is 6.10 Å². The second-order valence-electron chi connectivity index (χ2n) is 6.54. The van der Waals surface area contributed by atoms with Crippen molar-refractivity contribution >= 4 is 16.7 Å². The molecule has 2 N–H and O–H groups in total. The van der Waals surface area contributed by atoms with Crippen LogP contribution in [-0.2, 0) is 6.18 Å². The molecule has 0 bridgehead atoms. The van der Waals surface area contributed by atoms with E-state index in [9.17, 15) is 18.3 Å². The summed E-state index contributed by atoms with van der Waals surface area (Å²) in [5.74, 6) is 0.721. The number of benzene rings is 1. The van der Waals surface area contributed by atoms with E-state index in [1.807, 2.05) is 4.90 Å². The number of halogens is 3. The Kier molecular flexibility index (Phi) is 3.87. The molecule has 8 heteroatoms. The summed E-state index contributed by atoms with van der Waals surface area (Å²) in [4.78, 5) is 6.53. The van der Waals surface area contributed by atoms with Crippen LogP contribution in [-0.4, -0.2) is 39.5 Å². The lowest BCUT2D eigenvalue weighted by atomic mass is 9.98. The molecule has 5 nitrogen and oxygen atoms in total. The summed E-state index contributed by atoms with van der Waals surface area (Å²) in [5, 5.41) is 16.8. The highest BCUT2D eigenvalue weighted by molar-refractivity contribution is 5.95. The number of anilines is 1. The maximum atomic E-state index is 13.2. The highest BCUT2D eigenvalue weighted by Gasteiger charge is 2.32. The van der Waals surface area contributed by atoms with Gasteiger partial charge in [0.1, 0.15) is 5.82 Å². The lowest BCUT2D eigenvalue weighted by Gasteiger charge is -2.18. The zero-order valence-corrected chi connectivity index (χ0v) is 14.0. The van der Waals surface area contributed by atoms with Gasteiger partial charge in [0.25, 0.3) is 0 Å². The molecule has 0 amide bonds. The number of hydrogen-bond acceptors (Lipinski definition) is 4. The molecular weight excluding hydrogens is 345 g/mol. The van der Waals surface area contributed by atoms with Gasteiger partial charge in [-0.2, -0.15) is 18.3 Å². The largest absolute Gasteiger partial charge is 0.416 e. The lowest BCUT2D eigenvalue weighted by Crippen LogP contribution is -2.22. The Balaban J connectivity index is 1.81. The van der Waals surface area contributed by atoms with Gasteiger partial charge in [0.2, 0.25) is 0 Å². The molecular formula is C18H17F3N4O. The number of aromatic nitrogens is 3. The second-order valence-corrected chi connectivity index (χ2v) is 6.54. The van der Waals surface area contributed by atoms with E-state index >= 15 is 0 Å². The number of alkyl halides is 3. The van der Waals surface area contributed by atoms with E-state index in [1.165, 1.54) is 6.20 Å². The molecule has 0 spiro atoms. The minimum atomic E-state index is -4.44. The Hall–Kier alpha value is -2.61. The van der Waals surface area contributed by atoms with Gasteiger partial charge in [-0.15, -0.1) is 0 Å². The average molecular weight is 362 g/mol. The van der Waals surface area contributed by atoms with Gasteiger partial charge in [0.05, 0.1) is 23.4 Å². The molecule has 0 radical (unpaired) electrons. The van der Waals surface area contributed by atoms with Gasteiger partial charge < -0.3 is 10.0 Å². The zero-order chi connectivity index (χ0) is 18.5. The van der Waals surface area contributed by atoms with Crippen LogP contribution >= 0.6 is 0 Å². The summed E-state index contributed by atoms with van der Waals surface area (Å²) in [6.45, 7) is 3.00. The molecule has 26 heavy (non-hydrogen) atoms. The van der Waals surface area contributed by atoms with Crippen LogP contribution < -0.4 is 4.90 Å². The first-order valence-electron chi connectivity index (χ1n) is 8.28. The van der Waals surface area contributed by atoms with Crippen molar-refractivity contribution in [2.24, 2.45) is 0 Å². The number of aryl methyl sites for hydroxylation is 1. The Morgan fingerprint density at radius 1 is 1.23 bits per heavy atom. The van der Waals surface area contributed by atoms with Crippen molar-refractivity contribution in [1.29, 1.82) is 0 Å². The number of aliphatic hydroxyl groups is 1. The fourth-order valence-corrected chi connectivity index (χ4v) is 3.40. The van der Waals surface area contributed by atoms with Gasteiger partial charge in [0.15, 0.2) is 0 Å². The summed E-state index contributed by atoms with van der Waals surface area (Å²) in [5.41, 5.74) is 1.31. The third kappa shape index (κ3) is 2.90. The molecule has 1 aromatic carbocycles. The molecule has 0 saturated carbocycles. The molecule has 0 unspecified atom stereocenters. The zero-order valence-electron chi connectivity index (χ0n) is 14.0. The molecule has 1 atom stereocenters. The molecule has 3 heterocycles. The van der Waals surface area contributed by atoms with Crippen LogP contribution in [0.1, 0.15) is 17.7 Å². The topological polar surface area (TPSA) is 65.0 Å². The Morgan fingerprint density at radius 3 is 2.69 bits per heavy atom. The van der Waals surface area contributed by atoms with E-state index in [0.717, 1.165) is 18.0 Å². The van der Waals surface area contributed by atoms with Crippen molar-refractivity contribution < 1.29 is 18.3 Å². The number of aromatic amines is 1. The Morgan fingerprint density at radius 2 is 2.04 bits per heavy atom. The maximum Gasteiger partial charge on any atom is 0.416 e. The van der Waals surface area contributed by atoms with Crippen LogP contribution in [0.25, 0.3) is 22.0 Å². The smallest absolute Gasteiger partial charge is 0.391 e. The van der Waals surface area contributed by atoms with Gasteiger partial charge in [-0.05, 0) is 43.2 Å². The third-order valence-electron chi connectivity index (χ3n) is 4.73. The van der Waals surface area contributed by atoms with Crippen molar-refractivity contribution in [3.63, 3.8) is 0 Å². The number of nitrogens with one attached hydrogen (secondary N) is 1. The van der Waals surface area contributed by atoms with Gasteiger partial charge in [-0.25, -0.2) is 4.98 Å². The number of fused-ring (bicyclic) bond motifs is 1. The molecule has 1 aliphatic rings. The number of β-amino-alcohol motifs (C(OH)–C–C–N with tert-alkyl or cyclic N) is 1. The van der Waals surface area contributed by atoms with Gasteiger partial charge >= 0.3 is 6.18 Å². The number of hydrogen-bond donors (Lipinski definition) is 2. The second kappa shape index (κ2) is 5.98. The summed E-state index contributed by atoms with van der Waals surface area (Å²) in [7, 11) is 0. The van der Waals surface area contributed by atoms with Crippen LogP contribution in [0.4, 0.5) is 19.0 Å². The number of rotatable bonds is 2. The van der Waals surface area contributed by atoms with Crippen LogP contribution in [0, 0.1) is 6.92 Å². The molecule has 2 aromatic heterocycles. The normalized spacial score (nSPS) is 18.0. The average Bonchev–Trinajstić information content (AvgIpc) is 3.21.